The van der Waals surface area contributed by atoms with Crippen LogP contribution in [0.5, 0.6) is 0 Å². The van der Waals surface area contributed by atoms with Crippen molar-refractivity contribution in [3.8, 4) is 0 Å². The normalized spacial score (nSPS) is 12.6. The third-order valence-corrected chi connectivity index (χ3v) is 4.93. The number of hydrogen-bond donors (Lipinski definition) is 1. The molecular weight excluding hydrogens is 266 g/mol. The summed E-state index contributed by atoms with van der Waals surface area (Å²) in [5, 5.41) is 8.49. The van der Waals surface area contributed by atoms with Crippen molar-refractivity contribution in [2.24, 2.45) is 0 Å². The Morgan fingerprint density at radius 2 is 1.53 bits per heavy atom. The third kappa shape index (κ3) is 14.0. The molecule has 0 aromatic carbocycles. The first-order valence-corrected chi connectivity index (χ1v) is 8.93. The Kier molecular flexibility index (Phi) is 12.6. The molecule has 0 amide bonds. The molecule has 1 atom stereocenters. The molecule has 0 saturated carbocycles. The topological polar surface area (TPSA) is 37.3 Å². The van der Waals surface area contributed by atoms with Gasteiger partial charge < -0.3 is 0 Å². The van der Waals surface area contributed by atoms with E-state index in [0.29, 0.717) is 6.42 Å². The van der Waals surface area contributed by atoms with Gasteiger partial charge in [-0.15, -0.1) is 0 Å². The van der Waals surface area contributed by atoms with Crippen LogP contribution in [-0.2, 0) is 23.1 Å². The summed E-state index contributed by atoms with van der Waals surface area (Å²) in [6, 6.07) is 0. The molecule has 3 heteroatoms. The zero-order valence-electron chi connectivity index (χ0n) is 11.4. The molecule has 17 heavy (non-hydrogen) atoms. The van der Waals surface area contributed by atoms with Crippen molar-refractivity contribution in [1.29, 1.82) is 0 Å². The first kappa shape index (κ1) is 17.1. The summed E-state index contributed by atoms with van der Waals surface area (Å²) in [7, 11) is 0. The number of rotatable bonds is 12. The van der Waals surface area contributed by atoms with Gasteiger partial charge >= 0.3 is 116 Å². The van der Waals surface area contributed by atoms with E-state index in [1.165, 1.54) is 69.7 Å². The zero-order valence-corrected chi connectivity index (χ0v) is 14.4. The van der Waals surface area contributed by atoms with Gasteiger partial charge in [-0.05, 0) is 0 Å². The Labute approximate surface area is 116 Å². The van der Waals surface area contributed by atoms with Crippen molar-refractivity contribution in [1.82, 2.24) is 0 Å². The van der Waals surface area contributed by atoms with Crippen LogP contribution in [0.1, 0.15) is 77.6 Å². The maximum atomic E-state index is 10.3. The van der Waals surface area contributed by atoms with Crippen molar-refractivity contribution < 1.29 is 28.2 Å². The van der Waals surface area contributed by atoms with Crippen LogP contribution >= 0.6 is 0 Å². The predicted molar refractivity (Wildman–Crippen MR) is 67.8 cm³/mol. The second-order valence-corrected chi connectivity index (χ2v) is 7.48. The Morgan fingerprint density at radius 1 is 1.00 bits per heavy atom. The molecule has 0 aromatic rings. The van der Waals surface area contributed by atoms with Gasteiger partial charge in [0.15, 0.2) is 0 Å². The third-order valence-electron chi connectivity index (χ3n) is 3.22. The number of hydrogen-bond acceptors (Lipinski definition) is 1. The van der Waals surface area contributed by atoms with E-state index in [1.54, 1.807) is 0 Å². The molecular formula is C14H27O2Zn. The van der Waals surface area contributed by atoms with E-state index in [4.69, 9.17) is 5.11 Å². The number of carboxylic acid groups (broad SMARTS) is 1. The monoisotopic (exact) mass is 291 g/mol. The van der Waals surface area contributed by atoms with E-state index in [2.05, 4.69) is 6.92 Å². The second kappa shape index (κ2) is 12.5. The van der Waals surface area contributed by atoms with Gasteiger partial charge in [-0.25, -0.2) is 0 Å². The van der Waals surface area contributed by atoms with E-state index in [1.807, 2.05) is 0 Å². The van der Waals surface area contributed by atoms with Gasteiger partial charge in [-0.3, -0.25) is 0 Å². The fourth-order valence-corrected chi connectivity index (χ4v) is 3.26. The Bertz CT molecular complexity index is 183. The molecule has 0 heterocycles. The molecule has 1 N–H and O–H groups in total. The summed E-state index contributed by atoms with van der Waals surface area (Å²) >= 11 is 1.46. The van der Waals surface area contributed by atoms with Crippen LogP contribution in [0.4, 0.5) is 0 Å². The average molecular weight is 293 g/mol. The van der Waals surface area contributed by atoms with Crippen molar-refractivity contribution >= 4 is 5.97 Å². The van der Waals surface area contributed by atoms with Crippen LogP contribution < -0.4 is 0 Å². The number of carbonyl (C=O) groups is 1. The van der Waals surface area contributed by atoms with Crippen molar-refractivity contribution in [3.63, 3.8) is 0 Å². The summed E-state index contributed by atoms with van der Waals surface area (Å²) in [6.45, 7) is 2.27. The maximum absolute atomic E-state index is 10.3. The molecule has 2 nitrogen and oxygen atoms in total. The molecule has 0 aliphatic heterocycles. The second-order valence-electron chi connectivity index (χ2n) is 5.06. The molecule has 0 radical (unpaired) electrons. The zero-order chi connectivity index (χ0) is 12.9. The van der Waals surface area contributed by atoms with Gasteiger partial charge in [-0.2, -0.15) is 0 Å². The quantitative estimate of drug-likeness (QED) is 0.417. The van der Waals surface area contributed by atoms with Gasteiger partial charge in [0, 0.05) is 0 Å². The number of unbranched alkanes of at least 4 members (excludes halogenated alkanes) is 6. The van der Waals surface area contributed by atoms with E-state index < -0.39 is 5.97 Å². The van der Waals surface area contributed by atoms with Crippen LogP contribution in [0.15, 0.2) is 0 Å². The molecule has 0 aliphatic carbocycles. The summed E-state index contributed by atoms with van der Waals surface area (Å²) in [5.74, 6) is -0.654. The van der Waals surface area contributed by atoms with Gasteiger partial charge in [0.1, 0.15) is 0 Å². The first-order chi connectivity index (χ1) is 8.16. The van der Waals surface area contributed by atoms with E-state index in [9.17, 15) is 4.79 Å². The predicted octanol–water partition coefficient (Wildman–Crippen LogP) is 4.72. The van der Waals surface area contributed by atoms with Crippen LogP contribution in [0.3, 0.4) is 0 Å². The summed E-state index contributed by atoms with van der Waals surface area (Å²) in [4.78, 5) is 10.3. The van der Waals surface area contributed by atoms with Crippen molar-refractivity contribution in [2.45, 2.75) is 82.1 Å². The number of aliphatic carboxylic acids is 1. The molecule has 0 spiro atoms. The van der Waals surface area contributed by atoms with Gasteiger partial charge in [0.25, 0.3) is 0 Å². The Balaban J connectivity index is 3.10. The Morgan fingerprint density at radius 3 is 2.12 bits per heavy atom. The van der Waals surface area contributed by atoms with Crippen LogP contribution in [0.2, 0.25) is 4.51 Å². The minimum atomic E-state index is -0.654. The minimum absolute atomic E-state index is 0.346. The van der Waals surface area contributed by atoms with Crippen LogP contribution in [-0.4, -0.2) is 11.1 Å². The molecule has 0 saturated heterocycles. The van der Waals surface area contributed by atoms with Crippen molar-refractivity contribution in [3.05, 3.63) is 0 Å². The van der Waals surface area contributed by atoms with Gasteiger partial charge in [0.05, 0.1) is 0 Å². The van der Waals surface area contributed by atoms with E-state index >= 15 is 0 Å². The number of carboxylic acids is 1. The average Bonchev–Trinajstić information content (AvgIpc) is 2.29. The van der Waals surface area contributed by atoms with E-state index in [-0.39, 0.29) is 0 Å². The summed E-state index contributed by atoms with van der Waals surface area (Å²) in [6.07, 6.45) is 13.1. The fraction of sp³-hybridized carbons (Fsp3) is 0.929. The van der Waals surface area contributed by atoms with Crippen molar-refractivity contribution in [2.75, 3.05) is 0 Å². The Hall–Kier alpha value is 0.0934. The molecule has 0 rings (SSSR count). The molecule has 97 valence electrons. The molecule has 0 aromatic heterocycles. The first-order valence-electron chi connectivity index (χ1n) is 7.21. The van der Waals surface area contributed by atoms with Crippen LogP contribution in [0, 0.1) is 0 Å². The molecule has 0 fully saturated rings. The SMILES string of the molecule is CCCC[CH]([Zn])CCCCCCCCC(=O)O. The summed E-state index contributed by atoms with van der Waals surface area (Å²) in [5.41, 5.74) is 0. The standard InChI is InChI=1S/C14H27O2.Zn/c1-2-3-4-5-6-7-8-9-10-11-12-13-14(15)16;/h5H,2-4,6-13H2,1H3,(H,15,16);. The van der Waals surface area contributed by atoms with Gasteiger partial charge in [-0.1, -0.05) is 0 Å². The molecule has 0 bridgehead atoms. The molecule has 1 unspecified atom stereocenters. The van der Waals surface area contributed by atoms with Crippen LogP contribution in [0.25, 0.3) is 0 Å². The van der Waals surface area contributed by atoms with E-state index in [0.717, 1.165) is 17.4 Å². The fourth-order valence-electron chi connectivity index (χ4n) is 2.05. The summed E-state index contributed by atoms with van der Waals surface area (Å²) < 4.78 is 1.02. The molecule has 0 aliphatic rings. The van der Waals surface area contributed by atoms with Gasteiger partial charge in [0.2, 0.25) is 0 Å².